The lowest BCUT2D eigenvalue weighted by Crippen LogP contribution is -2.31. The molecule has 30 heavy (non-hydrogen) atoms. The Kier molecular flexibility index (Phi) is 4.40. The number of aliphatic hydroxyl groups excluding tert-OH is 1. The molecule has 11 heteroatoms. The van der Waals surface area contributed by atoms with E-state index in [1.54, 1.807) is 29.6 Å². The molecule has 5 rings (SSSR count). The summed E-state index contributed by atoms with van der Waals surface area (Å²) in [6.45, 7) is 0.0287. The van der Waals surface area contributed by atoms with Crippen LogP contribution in [-0.4, -0.2) is 40.9 Å². The summed E-state index contributed by atoms with van der Waals surface area (Å²) in [4.78, 5) is 27.9. The van der Waals surface area contributed by atoms with Gasteiger partial charge < -0.3 is 19.3 Å². The second-order valence-electron chi connectivity index (χ2n) is 6.32. The van der Waals surface area contributed by atoms with Crippen LogP contribution in [0.4, 0.5) is 5.13 Å². The molecule has 0 fully saturated rings. The van der Waals surface area contributed by atoms with Gasteiger partial charge in [-0.05, 0) is 29.1 Å². The van der Waals surface area contributed by atoms with Gasteiger partial charge in [0.05, 0.1) is 23.6 Å². The molecule has 152 valence electrons. The fraction of sp³-hybridized carbons (Fsp3) is 0.158. The van der Waals surface area contributed by atoms with Crippen molar-refractivity contribution < 1.29 is 28.9 Å². The Hall–Kier alpha value is -3.44. The lowest BCUT2D eigenvalue weighted by atomic mass is 9.95. The molecule has 0 saturated heterocycles. The van der Waals surface area contributed by atoms with E-state index in [1.165, 1.54) is 28.9 Å². The van der Waals surface area contributed by atoms with Crippen LogP contribution in [0, 0.1) is 0 Å². The first-order valence-corrected chi connectivity index (χ1v) is 10.4. The number of thiophene rings is 1. The molecule has 0 spiro atoms. The first kappa shape index (κ1) is 18.6. The van der Waals surface area contributed by atoms with E-state index in [2.05, 4.69) is 10.2 Å². The summed E-state index contributed by atoms with van der Waals surface area (Å²) in [5.74, 6) is -0.544. The Morgan fingerprint density at radius 3 is 2.90 bits per heavy atom. The molecule has 1 atom stereocenters. The third kappa shape index (κ3) is 2.74. The Morgan fingerprint density at radius 2 is 2.20 bits per heavy atom. The van der Waals surface area contributed by atoms with Crippen molar-refractivity contribution in [3.63, 3.8) is 0 Å². The summed E-state index contributed by atoms with van der Waals surface area (Å²) in [6.07, 6.45) is 0. The summed E-state index contributed by atoms with van der Waals surface area (Å²) in [5, 5.41) is 20.5. The van der Waals surface area contributed by atoms with Gasteiger partial charge in [-0.3, -0.25) is 14.5 Å². The Morgan fingerprint density at radius 1 is 1.33 bits per heavy atom. The third-order valence-electron chi connectivity index (χ3n) is 4.75. The number of rotatable bonds is 5. The van der Waals surface area contributed by atoms with Gasteiger partial charge in [0.15, 0.2) is 17.3 Å². The number of ketones is 1. The van der Waals surface area contributed by atoms with Crippen LogP contribution < -0.4 is 19.1 Å². The number of aromatic nitrogens is 2. The minimum absolute atomic E-state index is 0.0287. The van der Waals surface area contributed by atoms with E-state index in [0.29, 0.717) is 27.7 Å². The smallest absolute Gasteiger partial charge is 0.296 e. The van der Waals surface area contributed by atoms with Crippen molar-refractivity contribution >= 4 is 39.5 Å². The fourth-order valence-electron chi connectivity index (χ4n) is 3.47. The number of benzene rings is 1. The molecule has 1 amide bonds. The van der Waals surface area contributed by atoms with E-state index >= 15 is 0 Å². The van der Waals surface area contributed by atoms with Crippen molar-refractivity contribution in [2.75, 3.05) is 18.8 Å². The Bertz CT molecular complexity index is 1170. The Labute approximate surface area is 177 Å². The van der Waals surface area contributed by atoms with E-state index in [9.17, 15) is 14.7 Å². The van der Waals surface area contributed by atoms with E-state index < -0.39 is 23.5 Å². The SMILES string of the molecule is COc1cc(C2C(C(=O)c3cccs3)=C(O)C(=O)N2c2nncs2)cc2c1OCO2. The highest BCUT2D eigenvalue weighted by atomic mass is 32.1. The van der Waals surface area contributed by atoms with Gasteiger partial charge in [-0.15, -0.1) is 21.5 Å². The topological polar surface area (TPSA) is 111 Å². The van der Waals surface area contributed by atoms with Crippen LogP contribution >= 0.6 is 22.7 Å². The van der Waals surface area contributed by atoms with E-state index in [0.717, 1.165) is 11.3 Å². The molecular weight excluding hydrogens is 430 g/mol. The summed E-state index contributed by atoms with van der Waals surface area (Å²) in [6, 6.07) is 5.75. The number of nitrogens with zero attached hydrogens (tertiary/aromatic N) is 3. The van der Waals surface area contributed by atoms with Gasteiger partial charge >= 0.3 is 0 Å². The van der Waals surface area contributed by atoms with Gasteiger partial charge in [-0.2, -0.15) is 0 Å². The maximum Gasteiger partial charge on any atom is 0.296 e. The van der Waals surface area contributed by atoms with Crippen molar-refractivity contribution in [1.82, 2.24) is 10.2 Å². The van der Waals surface area contributed by atoms with Crippen molar-refractivity contribution in [2.24, 2.45) is 0 Å². The summed E-state index contributed by atoms with van der Waals surface area (Å²) < 4.78 is 16.3. The van der Waals surface area contributed by atoms with Crippen molar-refractivity contribution in [1.29, 1.82) is 0 Å². The average Bonchev–Trinajstić information content (AvgIpc) is 3.54. The summed E-state index contributed by atoms with van der Waals surface area (Å²) in [7, 11) is 1.48. The van der Waals surface area contributed by atoms with E-state index in [1.807, 2.05) is 0 Å². The number of hydrogen-bond donors (Lipinski definition) is 1. The lowest BCUT2D eigenvalue weighted by molar-refractivity contribution is -0.117. The molecular formula is C19H13N3O6S2. The molecule has 0 radical (unpaired) electrons. The quantitative estimate of drug-likeness (QED) is 0.599. The maximum absolute atomic E-state index is 13.2. The van der Waals surface area contributed by atoms with E-state index in [-0.39, 0.29) is 17.5 Å². The molecule has 1 aromatic carbocycles. The number of fused-ring (bicyclic) bond motifs is 1. The standard InChI is InChI=1S/C19H13N3O6S2/c1-26-10-5-9(6-11-17(10)28-8-27-11)14-13(15(23)12-3-2-4-29-12)16(24)18(25)22(14)19-21-20-7-30-19/h2-7,14,24H,8H2,1H3. The molecule has 0 aliphatic carbocycles. The molecule has 1 N–H and O–H groups in total. The lowest BCUT2D eigenvalue weighted by Gasteiger charge is -2.24. The van der Waals surface area contributed by atoms with Crippen molar-refractivity contribution in [3.05, 3.63) is 56.9 Å². The zero-order chi connectivity index (χ0) is 20.8. The largest absolute Gasteiger partial charge is 0.503 e. The second-order valence-corrected chi connectivity index (χ2v) is 8.08. The third-order valence-corrected chi connectivity index (χ3v) is 6.31. The number of aliphatic hydroxyl groups is 1. The number of amides is 1. The maximum atomic E-state index is 13.2. The van der Waals surface area contributed by atoms with Crippen LogP contribution in [0.25, 0.3) is 0 Å². The minimum atomic E-state index is -0.941. The number of carbonyl (C=O) groups excluding carboxylic acids is 2. The van der Waals surface area contributed by atoms with Crippen LogP contribution in [-0.2, 0) is 4.79 Å². The van der Waals surface area contributed by atoms with Crippen LogP contribution in [0.3, 0.4) is 0 Å². The zero-order valence-electron chi connectivity index (χ0n) is 15.4. The second kappa shape index (κ2) is 7.11. The molecule has 1 unspecified atom stereocenters. The van der Waals surface area contributed by atoms with Gasteiger partial charge in [0.25, 0.3) is 5.91 Å². The van der Waals surface area contributed by atoms with Gasteiger partial charge in [-0.1, -0.05) is 17.4 Å². The van der Waals surface area contributed by atoms with Gasteiger partial charge in [0.2, 0.25) is 23.5 Å². The molecule has 4 heterocycles. The first-order valence-electron chi connectivity index (χ1n) is 8.68. The molecule has 3 aromatic rings. The number of anilines is 1. The monoisotopic (exact) mass is 443 g/mol. The van der Waals surface area contributed by atoms with Crippen LogP contribution in [0.15, 0.2) is 46.5 Å². The summed E-state index contributed by atoms with van der Waals surface area (Å²) in [5.41, 5.74) is 1.93. The number of Topliss-reactive ketones (excluding diaryl/α,β-unsaturated/α-hetero) is 1. The van der Waals surface area contributed by atoms with Gasteiger partial charge in [0, 0.05) is 0 Å². The predicted octanol–water partition coefficient (Wildman–Crippen LogP) is 3.12. The highest BCUT2D eigenvalue weighted by molar-refractivity contribution is 7.13. The zero-order valence-corrected chi connectivity index (χ0v) is 17.0. The number of ether oxygens (including phenoxy) is 3. The van der Waals surface area contributed by atoms with Gasteiger partial charge in [0.1, 0.15) is 5.51 Å². The number of methoxy groups -OCH3 is 1. The molecule has 0 bridgehead atoms. The molecule has 0 saturated carbocycles. The molecule has 9 nitrogen and oxygen atoms in total. The first-order chi connectivity index (χ1) is 14.6. The van der Waals surface area contributed by atoms with Crippen molar-refractivity contribution in [3.8, 4) is 17.2 Å². The average molecular weight is 443 g/mol. The van der Waals surface area contributed by atoms with E-state index in [4.69, 9.17) is 14.2 Å². The van der Waals surface area contributed by atoms with Crippen LogP contribution in [0.5, 0.6) is 17.2 Å². The highest BCUT2D eigenvalue weighted by Crippen LogP contribution is 2.48. The molecule has 2 aliphatic heterocycles. The summed E-state index contributed by atoms with van der Waals surface area (Å²) >= 11 is 2.35. The minimum Gasteiger partial charge on any atom is -0.503 e. The molecule has 2 aliphatic rings. The van der Waals surface area contributed by atoms with Crippen molar-refractivity contribution in [2.45, 2.75) is 6.04 Å². The highest BCUT2D eigenvalue weighted by Gasteiger charge is 2.46. The Balaban J connectivity index is 1.70. The predicted molar refractivity (Wildman–Crippen MR) is 108 cm³/mol. The van der Waals surface area contributed by atoms with Gasteiger partial charge in [-0.25, -0.2) is 0 Å². The fourth-order valence-corrected chi connectivity index (χ4v) is 4.73. The van der Waals surface area contributed by atoms with Crippen LogP contribution in [0.1, 0.15) is 21.3 Å². The number of hydrogen-bond acceptors (Lipinski definition) is 10. The number of carbonyl (C=O) groups is 2. The normalized spacial score (nSPS) is 17.7. The van der Waals surface area contributed by atoms with Crippen LogP contribution in [0.2, 0.25) is 0 Å². The molecule has 2 aromatic heterocycles.